The summed E-state index contributed by atoms with van der Waals surface area (Å²) in [4.78, 5) is -0.205. The molecule has 0 saturated carbocycles. The van der Waals surface area contributed by atoms with E-state index in [1.807, 2.05) is 6.07 Å². The van der Waals surface area contributed by atoms with Gasteiger partial charge >= 0.3 is 0 Å². The molecular weight excluding hydrogens is 200 g/mol. The first-order valence-corrected chi connectivity index (χ1v) is 5.35. The molecule has 0 aliphatic heterocycles. The Morgan fingerprint density at radius 3 is 2.29 bits per heavy atom. The van der Waals surface area contributed by atoms with Gasteiger partial charge in [0.05, 0.1) is 4.91 Å². The van der Waals surface area contributed by atoms with E-state index >= 15 is 0 Å². The maximum atomic E-state index is 10.8. The molecule has 0 heterocycles. The molecule has 0 aromatic heterocycles. The lowest BCUT2D eigenvalue weighted by Crippen LogP contribution is -1.98. The SMILES string of the molecule is C=CC(=Cc1ccccc1)S(=O)(=O)O. The lowest BCUT2D eigenvalue weighted by molar-refractivity contribution is 0.492. The van der Waals surface area contributed by atoms with Gasteiger partial charge in [-0.25, -0.2) is 0 Å². The average molecular weight is 210 g/mol. The van der Waals surface area contributed by atoms with Crippen molar-refractivity contribution in [1.82, 2.24) is 0 Å². The van der Waals surface area contributed by atoms with Gasteiger partial charge in [-0.1, -0.05) is 36.9 Å². The summed E-state index contributed by atoms with van der Waals surface area (Å²) in [6.45, 7) is 3.32. The molecule has 1 aromatic rings. The zero-order valence-corrected chi connectivity index (χ0v) is 8.24. The fourth-order valence-corrected chi connectivity index (χ4v) is 1.45. The first-order valence-electron chi connectivity index (χ1n) is 3.90. The van der Waals surface area contributed by atoms with Crippen molar-refractivity contribution in [2.75, 3.05) is 0 Å². The molecule has 0 radical (unpaired) electrons. The predicted octanol–water partition coefficient (Wildman–Crippen LogP) is 2.10. The van der Waals surface area contributed by atoms with Gasteiger partial charge in [-0.2, -0.15) is 8.42 Å². The summed E-state index contributed by atoms with van der Waals surface area (Å²) in [5.74, 6) is 0. The van der Waals surface area contributed by atoms with Crippen molar-refractivity contribution in [3.63, 3.8) is 0 Å². The van der Waals surface area contributed by atoms with Gasteiger partial charge in [-0.3, -0.25) is 4.55 Å². The van der Waals surface area contributed by atoms with Gasteiger partial charge in [0.15, 0.2) is 0 Å². The molecule has 1 rings (SSSR count). The molecule has 0 saturated heterocycles. The van der Waals surface area contributed by atoms with Crippen LogP contribution in [-0.2, 0) is 10.1 Å². The highest BCUT2D eigenvalue weighted by atomic mass is 32.2. The third-order valence-electron chi connectivity index (χ3n) is 1.61. The number of hydrogen-bond donors (Lipinski definition) is 1. The normalized spacial score (nSPS) is 12.5. The van der Waals surface area contributed by atoms with Gasteiger partial charge in [0.25, 0.3) is 10.1 Å². The molecule has 0 unspecified atom stereocenters. The second-order valence-corrected chi connectivity index (χ2v) is 4.06. The van der Waals surface area contributed by atoms with E-state index in [0.717, 1.165) is 6.08 Å². The van der Waals surface area contributed by atoms with Gasteiger partial charge in [0.1, 0.15) is 0 Å². The van der Waals surface area contributed by atoms with Crippen LogP contribution in [-0.4, -0.2) is 13.0 Å². The first kappa shape index (κ1) is 10.7. The fourth-order valence-electron chi connectivity index (χ4n) is 0.952. The van der Waals surface area contributed by atoms with E-state index in [1.165, 1.54) is 6.08 Å². The average Bonchev–Trinajstić information content (AvgIpc) is 2.14. The molecule has 0 atom stereocenters. The molecule has 4 heteroatoms. The molecule has 0 amide bonds. The number of benzene rings is 1. The van der Waals surface area contributed by atoms with E-state index in [9.17, 15) is 8.42 Å². The maximum absolute atomic E-state index is 10.8. The summed E-state index contributed by atoms with van der Waals surface area (Å²) in [6.07, 6.45) is 2.45. The highest BCUT2D eigenvalue weighted by molar-refractivity contribution is 7.90. The topological polar surface area (TPSA) is 54.4 Å². The van der Waals surface area contributed by atoms with E-state index in [0.29, 0.717) is 5.56 Å². The Hall–Kier alpha value is -1.39. The van der Waals surface area contributed by atoms with Crippen LogP contribution in [0.2, 0.25) is 0 Å². The minimum atomic E-state index is -4.17. The lowest BCUT2D eigenvalue weighted by Gasteiger charge is -1.97. The smallest absolute Gasteiger partial charge is 0.282 e. The Labute approximate surface area is 83.1 Å². The standard InChI is InChI=1S/C10H10O3S/c1-2-10(14(11,12)13)8-9-6-4-3-5-7-9/h2-8H,1H2,(H,11,12,13). The third-order valence-corrected chi connectivity index (χ3v) is 2.49. The zero-order valence-electron chi connectivity index (χ0n) is 7.42. The predicted molar refractivity (Wildman–Crippen MR) is 56.2 cm³/mol. The van der Waals surface area contributed by atoms with Crippen LogP contribution in [0.15, 0.2) is 47.9 Å². The molecule has 3 nitrogen and oxygen atoms in total. The van der Waals surface area contributed by atoms with Crippen LogP contribution in [0.4, 0.5) is 0 Å². The Kier molecular flexibility index (Phi) is 3.22. The third kappa shape index (κ3) is 2.83. The monoisotopic (exact) mass is 210 g/mol. The zero-order chi connectivity index (χ0) is 10.6. The number of rotatable bonds is 3. The van der Waals surface area contributed by atoms with E-state index in [4.69, 9.17) is 4.55 Å². The van der Waals surface area contributed by atoms with Crippen molar-refractivity contribution in [2.24, 2.45) is 0 Å². The summed E-state index contributed by atoms with van der Waals surface area (Å²) in [5, 5.41) is 0. The quantitative estimate of drug-likeness (QED) is 0.614. The van der Waals surface area contributed by atoms with Crippen molar-refractivity contribution >= 4 is 16.2 Å². The van der Waals surface area contributed by atoms with E-state index in [2.05, 4.69) is 6.58 Å². The van der Waals surface area contributed by atoms with Gasteiger partial charge in [0, 0.05) is 0 Å². The van der Waals surface area contributed by atoms with Crippen LogP contribution in [0.5, 0.6) is 0 Å². The second-order valence-electron chi connectivity index (χ2n) is 2.64. The van der Waals surface area contributed by atoms with Crippen molar-refractivity contribution in [3.8, 4) is 0 Å². The lowest BCUT2D eigenvalue weighted by atomic mass is 10.2. The van der Waals surface area contributed by atoms with Crippen LogP contribution in [0.3, 0.4) is 0 Å². The van der Waals surface area contributed by atoms with Crippen LogP contribution in [0.25, 0.3) is 6.08 Å². The number of allylic oxidation sites excluding steroid dienone is 1. The summed E-state index contributed by atoms with van der Waals surface area (Å²) >= 11 is 0. The largest absolute Gasteiger partial charge is 0.294 e. The molecule has 0 fully saturated rings. The Bertz CT molecular complexity index is 444. The van der Waals surface area contributed by atoms with Crippen molar-refractivity contribution in [1.29, 1.82) is 0 Å². The molecule has 74 valence electrons. The molecular formula is C10H10O3S. The van der Waals surface area contributed by atoms with Crippen LogP contribution >= 0.6 is 0 Å². The summed E-state index contributed by atoms with van der Waals surface area (Å²) in [5.41, 5.74) is 0.694. The second kappa shape index (κ2) is 4.21. The van der Waals surface area contributed by atoms with Gasteiger partial charge in [-0.05, 0) is 17.7 Å². The van der Waals surface area contributed by atoms with Gasteiger partial charge in [0.2, 0.25) is 0 Å². The molecule has 0 spiro atoms. The van der Waals surface area contributed by atoms with Crippen LogP contribution in [0.1, 0.15) is 5.56 Å². The van der Waals surface area contributed by atoms with Gasteiger partial charge in [-0.15, -0.1) is 0 Å². The Morgan fingerprint density at radius 2 is 1.86 bits per heavy atom. The minimum absolute atomic E-state index is 0.205. The van der Waals surface area contributed by atoms with Crippen LogP contribution < -0.4 is 0 Å². The van der Waals surface area contributed by atoms with Crippen molar-refractivity contribution < 1.29 is 13.0 Å². The minimum Gasteiger partial charge on any atom is -0.282 e. The molecule has 1 N–H and O–H groups in total. The molecule has 0 bridgehead atoms. The van der Waals surface area contributed by atoms with E-state index in [1.54, 1.807) is 24.3 Å². The fraction of sp³-hybridized carbons (Fsp3) is 0. The van der Waals surface area contributed by atoms with Gasteiger partial charge < -0.3 is 0 Å². The molecule has 0 aliphatic rings. The Balaban J connectivity index is 3.15. The maximum Gasteiger partial charge on any atom is 0.294 e. The summed E-state index contributed by atoms with van der Waals surface area (Å²) < 4.78 is 30.3. The number of hydrogen-bond acceptors (Lipinski definition) is 2. The summed E-state index contributed by atoms with van der Waals surface area (Å²) in [7, 11) is -4.17. The van der Waals surface area contributed by atoms with Crippen molar-refractivity contribution in [2.45, 2.75) is 0 Å². The Morgan fingerprint density at radius 1 is 1.29 bits per heavy atom. The van der Waals surface area contributed by atoms with Crippen LogP contribution in [0, 0.1) is 0 Å². The highest BCUT2D eigenvalue weighted by Gasteiger charge is 2.08. The van der Waals surface area contributed by atoms with Crippen molar-refractivity contribution in [3.05, 3.63) is 53.5 Å². The highest BCUT2D eigenvalue weighted by Crippen LogP contribution is 2.11. The molecule has 1 aromatic carbocycles. The van der Waals surface area contributed by atoms with E-state index < -0.39 is 10.1 Å². The first-order chi connectivity index (χ1) is 6.54. The molecule has 14 heavy (non-hydrogen) atoms. The van der Waals surface area contributed by atoms with E-state index in [-0.39, 0.29) is 4.91 Å². The summed E-state index contributed by atoms with van der Waals surface area (Å²) in [6, 6.07) is 8.83. The molecule has 0 aliphatic carbocycles.